The zero-order valence-electron chi connectivity index (χ0n) is 50.3. The smallest absolute Gasteiger partial charge is 0.306 e. The fourth-order valence-electron chi connectivity index (χ4n) is 9.88. The number of allylic oxidation sites excluding steroid dienone is 8. The summed E-state index contributed by atoms with van der Waals surface area (Å²) in [7, 11) is 0. The number of carbonyl (C=O) groups is 3. The molecular formula is C69H126O6. The van der Waals surface area contributed by atoms with Crippen molar-refractivity contribution >= 4 is 17.9 Å². The average molecular weight is 1050 g/mol. The highest BCUT2D eigenvalue weighted by Crippen LogP contribution is 2.18. The lowest BCUT2D eigenvalue weighted by Crippen LogP contribution is -2.30. The first-order valence-electron chi connectivity index (χ1n) is 33.1. The van der Waals surface area contributed by atoms with Gasteiger partial charge in [-0.25, -0.2) is 0 Å². The van der Waals surface area contributed by atoms with E-state index in [1.807, 2.05) is 0 Å². The molecule has 0 rings (SSSR count). The fourth-order valence-corrected chi connectivity index (χ4v) is 9.88. The minimum Gasteiger partial charge on any atom is -0.462 e. The van der Waals surface area contributed by atoms with Crippen molar-refractivity contribution < 1.29 is 28.6 Å². The first kappa shape index (κ1) is 72.4. The van der Waals surface area contributed by atoms with E-state index in [0.717, 1.165) is 96.3 Å². The fraction of sp³-hybridized carbons (Fsp3) is 0.841. The predicted octanol–water partition coefficient (Wildman–Crippen LogP) is 22.6. The van der Waals surface area contributed by atoms with Crippen molar-refractivity contribution in [3.05, 3.63) is 48.6 Å². The Morgan fingerprint density at radius 1 is 0.280 bits per heavy atom. The largest absolute Gasteiger partial charge is 0.462 e. The Kier molecular flexibility index (Phi) is 61.7. The summed E-state index contributed by atoms with van der Waals surface area (Å²) in [6.45, 7) is 6.50. The van der Waals surface area contributed by atoms with E-state index in [1.54, 1.807) is 0 Å². The molecular weight excluding hydrogens is 925 g/mol. The third-order valence-electron chi connectivity index (χ3n) is 14.8. The third kappa shape index (κ3) is 62.1. The van der Waals surface area contributed by atoms with Gasteiger partial charge in [0.2, 0.25) is 0 Å². The maximum atomic E-state index is 12.9. The van der Waals surface area contributed by atoms with E-state index in [9.17, 15) is 14.4 Å². The van der Waals surface area contributed by atoms with E-state index in [1.165, 1.54) is 218 Å². The van der Waals surface area contributed by atoms with Crippen molar-refractivity contribution in [2.75, 3.05) is 13.2 Å². The third-order valence-corrected chi connectivity index (χ3v) is 14.8. The molecule has 0 N–H and O–H groups in total. The van der Waals surface area contributed by atoms with E-state index in [0.29, 0.717) is 19.3 Å². The second-order valence-electron chi connectivity index (χ2n) is 22.4. The normalized spacial score (nSPS) is 12.3. The molecule has 1 unspecified atom stereocenters. The number of esters is 3. The van der Waals surface area contributed by atoms with Crippen LogP contribution >= 0.6 is 0 Å². The van der Waals surface area contributed by atoms with Gasteiger partial charge in [-0.05, 0) is 70.6 Å². The average Bonchev–Trinajstić information content (AvgIpc) is 3.41. The van der Waals surface area contributed by atoms with Crippen LogP contribution in [0.15, 0.2) is 48.6 Å². The summed E-state index contributed by atoms with van der Waals surface area (Å²) in [4.78, 5) is 38.2. The molecule has 0 saturated heterocycles. The topological polar surface area (TPSA) is 78.9 Å². The number of hydrogen-bond acceptors (Lipinski definition) is 6. The van der Waals surface area contributed by atoms with Gasteiger partial charge in [-0.2, -0.15) is 0 Å². The van der Waals surface area contributed by atoms with Gasteiger partial charge in [-0.1, -0.05) is 313 Å². The Morgan fingerprint density at radius 3 is 0.880 bits per heavy atom. The number of rotatable bonds is 61. The highest BCUT2D eigenvalue weighted by Gasteiger charge is 2.19. The Morgan fingerprint density at radius 2 is 0.547 bits per heavy atom. The molecule has 0 spiro atoms. The summed E-state index contributed by atoms with van der Waals surface area (Å²) in [6.07, 6.45) is 80.1. The molecule has 438 valence electrons. The minimum atomic E-state index is -0.780. The molecule has 1 atom stereocenters. The lowest BCUT2D eigenvalue weighted by atomic mass is 10.0. The molecule has 0 radical (unpaired) electrons. The van der Waals surface area contributed by atoms with Gasteiger partial charge in [0.1, 0.15) is 13.2 Å². The van der Waals surface area contributed by atoms with Gasteiger partial charge in [-0.3, -0.25) is 14.4 Å². The van der Waals surface area contributed by atoms with Crippen LogP contribution in [0.25, 0.3) is 0 Å². The molecule has 6 nitrogen and oxygen atoms in total. The molecule has 0 saturated carbocycles. The minimum absolute atomic E-state index is 0.0767. The van der Waals surface area contributed by atoms with Crippen LogP contribution in [0.4, 0.5) is 0 Å². The van der Waals surface area contributed by atoms with E-state index in [4.69, 9.17) is 14.2 Å². The van der Waals surface area contributed by atoms with Crippen LogP contribution < -0.4 is 0 Å². The summed E-state index contributed by atoms with van der Waals surface area (Å²) >= 11 is 0. The monoisotopic (exact) mass is 1050 g/mol. The molecule has 75 heavy (non-hydrogen) atoms. The molecule has 0 aromatic rings. The number of unbranched alkanes of at least 4 members (excludes halogenated alkanes) is 42. The van der Waals surface area contributed by atoms with Crippen molar-refractivity contribution in [3.8, 4) is 0 Å². The predicted molar refractivity (Wildman–Crippen MR) is 325 cm³/mol. The van der Waals surface area contributed by atoms with Crippen LogP contribution in [0.1, 0.15) is 355 Å². The Labute approximate surface area is 467 Å². The standard InChI is InChI=1S/C69H126O6/c1-4-7-10-13-16-19-22-24-26-28-29-30-31-32-33-34-35-36-37-38-39-40-42-43-45-47-50-53-56-59-62-68(71)74-65-66(64-73-67(70)61-58-55-52-49-21-18-15-12-9-6-3)75-69(72)63-60-57-54-51-48-46-44-41-27-25-23-20-17-14-11-8-5-2/h8,11-12,15,17,20,25,27,66H,4-7,9-10,13-14,16,18-19,21-24,26,28-65H2,1-3H3/b11-8-,15-12-,20-17-,27-25-. The van der Waals surface area contributed by atoms with Crippen LogP contribution in [0, 0.1) is 0 Å². The van der Waals surface area contributed by atoms with Gasteiger partial charge < -0.3 is 14.2 Å². The van der Waals surface area contributed by atoms with Gasteiger partial charge in [0.25, 0.3) is 0 Å². The Hall–Kier alpha value is -2.63. The summed E-state index contributed by atoms with van der Waals surface area (Å²) in [5.41, 5.74) is 0. The zero-order valence-corrected chi connectivity index (χ0v) is 50.3. The maximum Gasteiger partial charge on any atom is 0.306 e. The maximum absolute atomic E-state index is 12.9. The summed E-state index contributed by atoms with van der Waals surface area (Å²) in [5.74, 6) is -0.880. The molecule has 6 heteroatoms. The SMILES string of the molecule is CC/C=C\C/C=C\C/C=C\CCCCCCCCCC(=O)OC(COC(=O)CCCCCCC/C=C\CCC)COC(=O)CCCCCCCCCCCCCCCCCCCCCCCCCCCCCCCC. The van der Waals surface area contributed by atoms with Gasteiger partial charge in [0, 0.05) is 19.3 Å². The molecule has 0 aliphatic carbocycles. The summed E-state index contributed by atoms with van der Waals surface area (Å²) in [6, 6.07) is 0. The van der Waals surface area contributed by atoms with Crippen LogP contribution in [0.2, 0.25) is 0 Å². The van der Waals surface area contributed by atoms with Crippen molar-refractivity contribution in [2.24, 2.45) is 0 Å². The number of ether oxygens (including phenoxy) is 3. The Bertz CT molecular complexity index is 1300. The first-order chi connectivity index (χ1) is 37.0. The molecule has 0 aromatic heterocycles. The highest BCUT2D eigenvalue weighted by molar-refractivity contribution is 5.71. The van der Waals surface area contributed by atoms with E-state index in [-0.39, 0.29) is 31.1 Å². The van der Waals surface area contributed by atoms with Crippen molar-refractivity contribution in [1.82, 2.24) is 0 Å². The Balaban J connectivity index is 4.09. The number of carbonyl (C=O) groups excluding carboxylic acids is 3. The van der Waals surface area contributed by atoms with E-state index >= 15 is 0 Å². The molecule has 0 aliphatic rings. The van der Waals surface area contributed by atoms with Gasteiger partial charge in [-0.15, -0.1) is 0 Å². The number of hydrogen-bond donors (Lipinski definition) is 0. The van der Waals surface area contributed by atoms with E-state index < -0.39 is 6.10 Å². The molecule has 0 aromatic carbocycles. The molecule has 0 amide bonds. The van der Waals surface area contributed by atoms with Gasteiger partial charge in [0.15, 0.2) is 6.10 Å². The van der Waals surface area contributed by atoms with Crippen LogP contribution in [0.5, 0.6) is 0 Å². The second kappa shape index (κ2) is 63.9. The second-order valence-corrected chi connectivity index (χ2v) is 22.4. The molecule has 0 heterocycles. The quantitative estimate of drug-likeness (QED) is 0.0261. The highest BCUT2D eigenvalue weighted by atomic mass is 16.6. The molecule has 0 bridgehead atoms. The van der Waals surface area contributed by atoms with Gasteiger partial charge in [0.05, 0.1) is 0 Å². The van der Waals surface area contributed by atoms with Crippen LogP contribution in [-0.2, 0) is 28.6 Å². The lowest BCUT2D eigenvalue weighted by molar-refractivity contribution is -0.167. The zero-order chi connectivity index (χ0) is 54.3. The molecule has 0 aliphatic heterocycles. The molecule has 0 fully saturated rings. The van der Waals surface area contributed by atoms with Crippen molar-refractivity contribution in [1.29, 1.82) is 0 Å². The summed E-state index contributed by atoms with van der Waals surface area (Å²) < 4.78 is 16.9. The van der Waals surface area contributed by atoms with Crippen LogP contribution in [0.3, 0.4) is 0 Å². The van der Waals surface area contributed by atoms with Crippen molar-refractivity contribution in [2.45, 2.75) is 361 Å². The van der Waals surface area contributed by atoms with E-state index in [2.05, 4.69) is 69.4 Å². The van der Waals surface area contributed by atoms with Gasteiger partial charge >= 0.3 is 17.9 Å². The van der Waals surface area contributed by atoms with Crippen molar-refractivity contribution in [3.63, 3.8) is 0 Å². The summed E-state index contributed by atoms with van der Waals surface area (Å²) in [5, 5.41) is 0. The lowest BCUT2D eigenvalue weighted by Gasteiger charge is -2.18. The first-order valence-corrected chi connectivity index (χ1v) is 33.1. The van der Waals surface area contributed by atoms with Crippen LogP contribution in [-0.4, -0.2) is 37.2 Å².